The molecule has 0 aromatic rings. The number of alkyl carbamates (subject to hydrolysis) is 6. The monoisotopic (exact) mass is 1210 g/mol. The first-order valence-electron chi connectivity index (χ1n) is 27.9. The molecule has 6 amide bonds. The van der Waals surface area contributed by atoms with Crippen LogP contribution in [0, 0.1) is 0 Å². The number of hydrogen-bond acceptors (Lipinski definition) is 25. The van der Waals surface area contributed by atoms with Crippen molar-refractivity contribution < 1.29 is 116 Å². The first-order valence-corrected chi connectivity index (χ1v) is 27.9. The summed E-state index contributed by atoms with van der Waals surface area (Å²) in [6, 6.07) is -6.29. The number of hydrogen-bond donors (Lipinski definition) is 13. The first kappa shape index (κ1) is 71.6. The molecule has 14 N–H and O–H groups in total. The lowest BCUT2D eigenvalue weighted by Gasteiger charge is -2.49. The minimum atomic E-state index is -1.98. The molecule has 0 radical (unpaired) electrons. The summed E-state index contributed by atoms with van der Waals surface area (Å²) in [4.78, 5) is 79.6. The van der Waals surface area contributed by atoms with Gasteiger partial charge in [0.15, 0.2) is 18.9 Å². The number of ether oxygens (including phenoxy) is 12. The van der Waals surface area contributed by atoms with E-state index in [-0.39, 0.29) is 0 Å². The van der Waals surface area contributed by atoms with E-state index in [2.05, 4.69) is 31.9 Å². The van der Waals surface area contributed by atoms with E-state index in [4.69, 9.17) is 62.6 Å². The van der Waals surface area contributed by atoms with Gasteiger partial charge in [-0.3, -0.25) is 0 Å². The zero-order chi connectivity index (χ0) is 64.0. The maximum atomic E-state index is 13.8. The summed E-state index contributed by atoms with van der Waals surface area (Å²) in [5, 5.41) is 86.0. The molecule has 3 saturated heterocycles. The predicted octanol–water partition coefficient (Wildman–Crippen LogP) is 0.467. The molecule has 3 aliphatic heterocycles. The van der Waals surface area contributed by atoms with Crippen LogP contribution in [0.1, 0.15) is 131 Å². The highest BCUT2D eigenvalue weighted by atomic mass is 16.8. The number of carbonyl (C=O) groups is 6. The van der Waals surface area contributed by atoms with Crippen LogP contribution in [0.3, 0.4) is 0 Å². The van der Waals surface area contributed by atoms with Gasteiger partial charge in [-0.25, -0.2) is 28.8 Å². The molecule has 1 aliphatic carbocycles. The van der Waals surface area contributed by atoms with Crippen molar-refractivity contribution in [2.24, 2.45) is 5.73 Å². The lowest BCUT2D eigenvalue weighted by Crippen LogP contribution is -2.70. The third-order valence-electron chi connectivity index (χ3n) is 12.2. The summed E-state index contributed by atoms with van der Waals surface area (Å²) < 4.78 is 70.7. The Morgan fingerprint density at radius 2 is 0.690 bits per heavy atom. The summed E-state index contributed by atoms with van der Waals surface area (Å²) in [5.74, 6) is 0. The van der Waals surface area contributed by atoms with Gasteiger partial charge < -0.3 is 125 Å². The van der Waals surface area contributed by atoms with E-state index in [0.29, 0.717) is 0 Å². The van der Waals surface area contributed by atoms with E-state index in [1.54, 1.807) is 125 Å². The van der Waals surface area contributed by atoms with Gasteiger partial charge in [-0.05, 0) is 131 Å². The van der Waals surface area contributed by atoms with Crippen molar-refractivity contribution in [1.82, 2.24) is 31.9 Å². The van der Waals surface area contributed by atoms with E-state index in [0.717, 1.165) is 0 Å². The molecule has 84 heavy (non-hydrogen) atoms. The number of amides is 6. The van der Waals surface area contributed by atoms with E-state index < -0.39 is 213 Å². The predicted molar refractivity (Wildman–Crippen MR) is 291 cm³/mol. The topological polar surface area (TPSA) is 433 Å². The number of nitrogens with two attached hydrogens (primary N) is 1. The molecule has 31 nitrogen and oxygen atoms in total. The van der Waals surface area contributed by atoms with Crippen LogP contribution in [-0.4, -0.2) is 237 Å². The van der Waals surface area contributed by atoms with Gasteiger partial charge in [0.1, 0.15) is 119 Å². The second-order valence-corrected chi connectivity index (χ2v) is 27.0. The van der Waals surface area contributed by atoms with Gasteiger partial charge in [-0.15, -0.1) is 0 Å². The summed E-state index contributed by atoms with van der Waals surface area (Å²) in [6.45, 7) is 27.1. The number of aliphatic hydroxyl groups excluding tert-OH is 6. The minimum absolute atomic E-state index is 0.412. The highest BCUT2D eigenvalue weighted by Crippen LogP contribution is 2.36. The Hall–Kier alpha value is -4.90. The minimum Gasteiger partial charge on any atom is -0.444 e. The molecular weight excluding hydrogens is 1120 g/mol. The van der Waals surface area contributed by atoms with Crippen molar-refractivity contribution in [2.45, 2.75) is 281 Å². The molecule has 0 bridgehead atoms. The van der Waals surface area contributed by atoms with Crippen LogP contribution in [0.4, 0.5) is 28.8 Å². The second-order valence-electron chi connectivity index (χ2n) is 27.0. The number of rotatable bonds is 15. The van der Waals surface area contributed by atoms with Crippen LogP contribution in [-0.2, 0) is 56.8 Å². The molecule has 4 fully saturated rings. The Morgan fingerprint density at radius 3 is 1.05 bits per heavy atom. The molecule has 0 aromatic heterocycles. The number of nitrogens with one attached hydrogen (secondary N) is 6. The molecule has 1 saturated carbocycles. The smallest absolute Gasteiger partial charge is 0.408 e. The van der Waals surface area contributed by atoms with Crippen LogP contribution in [0.2, 0.25) is 0 Å². The van der Waals surface area contributed by atoms with Gasteiger partial charge in [-0.2, -0.15) is 0 Å². The first-order chi connectivity index (χ1) is 38.2. The van der Waals surface area contributed by atoms with E-state index in [1.807, 2.05) is 0 Å². The van der Waals surface area contributed by atoms with Crippen LogP contribution in [0.25, 0.3) is 0 Å². The van der Waals surface area contributed by atoms with Gasteiger partial charge in [0.25, 0.3) is 0 Å². The fourth-order valence-corrected chi connectivity index (χ4v) is 9.00. The average molecular weight is 1210 g/mol. The van der Waals surface area contributed by atoms with Crippen molar-refractivity contribution in [3.8, 4) is 0 Å². The quantitative estimate of drug-likeness (QED) is 0.0991. The highest BCUT2D eigenvalue weighted by Gasteiger charge is 2.57. The molecule has 0 aromatic carbocycles. The lowest BCUT2D eigenvalue weighted by molar-refractivity contribution is -0.311. The molecule has 0 unspecified atom stereocenters. The van der Waals surface area contributed by atoms with Crippen LogP contribution >= 0.6 is 0 Å². The Balaban J connectivity index is 1.85. The molecule has 4 rings (SSSR count). The maximum absolute atomic E-state index is 13.8. The molecular formula is C53H95N7O24. The van der Waals surface area contributed by atoms with E-state index in [9.17, 15) is 59.4 Å². The SMILES string of the molecule is CC(C)(C)OC(=O)NC[C@@H]1O[C@H](O[C@H]2[C@@H](O)[C@H](O[C@@H]3[C@@H](O)[C@H](NC(=O)OC(C)(C)C)C[C@H](NC(=O)OC(C)(C)C)[C@H]3O[C@H]3O[C@H](CNC(=O)OC(C)(C)C)[C@@H](O)[C@H](O)[C@H]3NC(=O)OC(C)(C)C)O[C@@H]2CN)[C@H](NC(=O)OC(C)(C)C)[C@@H](O)[C@@H]1O. The van der Waals surface area contributed by atoms with Gasteiger partial charge in [0.05, 0.1) is 12.1 Å². The Bertz CT molecular complexity index is 2200. The van der Waals surface area contributed by atoms with Crippen LogP contribution in [0.5, 0.6) is 0 Å². The van der Waals surface area contributed by atoms with Crippen molar-refractivity contribution in [3.05, 3.63) is 0 Å². The molecule has 3 heterocycles. The van der Waals surface area contributed by atoms with Crippen molar-refractivity contribution >= 4 is 36.6 Å². The van der Waals surface area contributed by atoms with Gasteiger partial charge in [0, 0.05) is 19.6 Å². The Kier molecular flexibility index (Phi) is 24.1. The summed E-state index contributed by atoms with van der Waals surface area (Å²) in [5.41, 5.74) is 0.0176. The Labute approximate surface area is 489 Å². The van der Waals surface area contributed by atoms with Crippen LogP contribution in [0.15, 0.2) is 0 Å². The summed E-state index contributed by atoms with van der Waals surface area (Å²) in [6.07, 6.45) is -33.4. The zero-order valence-corrected chi connectivity index (χ0v) is 51.4. The van der Waals surface area contributed by atoms with E-state index >= 15 is 0 Å². The highest BCUT2D eigenvalue weighted by molar-refractivity contribution is 5.70. The number of aliphatic hydroxyl groups is 6. The normalized spacial score (nSPS) is 33.3. The molecule has 19 atom stereocenters. The average Bonchev–Trinajstić information content (AvgIpc) is 2.85. The lowest BCUT2D eigenvalue weighted by atomic mass is 9.83. The van der Waals surface area contributed by atoms with E-state index in [1.165, 1.54) is 0 Å². The molecule has 0 spiro atoms. The second kappa shape index (κ2) is 28.3. The summed E-state index contributed by atoms with van der Waals surface area (Å²) in [7, 11) is 0. The van der Waals surface area contributed by atoms with Gasteiger partial charge in [-0.1, -0.05) is 0 Å². The fourth-order valence-electron chi connectivity index (χ4n) is 9.00. The molecule has 31 heteroatoms. The van der Waals surface area contributed by atoms with Crippen molar-refractivity contribution in [3.63, 3.8) is 0 Å². The number of carbonyl (C=O) groups excluding carboxylic acids is 6. The van der Waals surface area contributed by atoms with Crippen molar-refractivity contribution in [2.75, 3.05) is 19.6 Å². The molecule has 486 valence electrons. The van der Waals surface area contributed by atoms with Gasteiger partial charge in [0.2, 0.25) is 0 Å². The third-order valence-corrected chi connectivity index (χ3v) is 12.2. The fraction of sp³-hybridized carbons (Fsp3) is 0.887. The third kappa shape index (κ3) is 22.4. The van der Waals surface area contributed by atoms with Crippen LogP contribution < -0.4 is 37.6 Å². The summed E-state index contributed by atoms with van der Waals surface area (Å²) >= 11 is 0. The zero-order valence-electron chi connectivity index (χ0n) is 51.4. The standard InChI is InChI=1S/C53H95N7O24/c1-48(2,3)79-42(67)55-21-26-31(62)33(64)28(59-46(71)83-52(13,14)15)39(74-26)76-36-24(58-45(70)82-51(10,11)12)19-23(57-44(69)81-50(7,8)9)30(61)38(36)78-41-35(66)37(25(20-54)73-41)77-40-29(60-47(72)84-53(16,17)18)34(65)32(63)27(75-40)22-56-43(68)80-49(4,5)6/h23-41,61-66H,19-22,54H2,1-18H3,(H,55,67)(H,56,68)(H,57,69)(H,58,70)(H,59,71)(H,60,72)/t23-,24+,25-,26-,27+,28-,29-,30+,31-,32-,33-,34-,35-,36-,37-,38-,39-,40-,41+/m1/s1. The largest absolute Gasteiger partial charge is 0.444 e. The molecule has 4 aliphatic rings. The van der Waals surface area contributed by atoms with Gasteiger partial charge >= 0.3 is 36.6 Å². The van der Waals surface area contributed by atoms with Crippen molar-refractivity contribution in [1.29, 1.82) is 0 Å². The Morgan fingerprint density at radius 1 is 0.381 bits per heavy atom. The maximum Gasteiger partial charge on any atom is 0.408 e.